The molecule has 0 spiro atoms. The van der Waals surface area contributed by atoms with Crippen LogP contribution in [0.4, 0.5) is 0 Å². The maximum atomic E-state index is 11.5. The monoisotopic (exact) mass is 244 g/mol. The van der Waals surface area contributed by atoms with Crippen molar-refractivity contribution >= 4 is 14.3 Å². The fourth-order valence-electron chi connectivity index (χ4n) is 1.50. The first kappa shape index (κ1) is 13.7. The van der Waals surface area contributed by atoms with Crippen LogP contribution in [0.15, 0.2) is 0 Å². The molecule has 0 N–H and O–H groups in total. The number of carbonyl (C=O) groups is 1. The van der Waals surface area contributed by atoms with Gasteiger partial charge in [-0.05, 0) is 31.5 Å². The molecule has 0 bridgehead atoms. The lowest BCUT2D eigenvalue weighted by Gasteiger charge is -2.36. The molecule has 0 aliphatic carbocycles. The quantitative estimate of drug-likeness (QED) is 0.565. The molecule has 0 saturated carbocycles. The minimum atomic E-state index is -1.73. The molecular formula is C12H24O3Si. The van der Waals surface area contributed by atoms with E-state index in [1.54, 1.807) is 0 Å². The molecule has 1 rings (SSSR count). The number of cyclic esters (lactones) is 1. The topological polar surface area (TPSA) is 35.5 Å². The molecule has 1 aliphatic rings. The molecule has 4 heteroatoms. The molecule has 0 unspecified atom stereocenters. The summed E-state index contributed by atoms with van der Waals surface area (Å²) < 4.78 is 11.2. The van der Waals surface area contributed by atoms with Gasteiger partial charge in [-0.3, -0.25) is 4.79 Å². The van der Waals surface area contributed by atoms with Gasteiger partial charge >= 0.3 is 5.97 Å². The smallest absolute Gasteiger partial charge is 0.311 e. The van der Waals surface area contributed by atoms with E-state index in [9.17, 15) is 4.79 Å². The Morgan fingerprint density at radius 2 is 2.00 bits per heavy atom. The second kappa shape index (κ2) is 4.49. The Labute approximate surface area is 99.6 Å². The SMILES string of the molecule is C[C@@H]1C[C@@H](CO[Si](C)(C)C(C)(C)C)C(=O)O1. The number of hydrogen-bond donors (Lipinski definition) is 0. The predicted molar refractivity (Wildman–Crippen MR) is 66.8 cm³/mol. The van der Waals surface area contributed by atoms with Gasteiger partial charge in [-0.1, -0.05) is 20.8 Å². The second-order valence-corrected chi connectivity index (χ2v) is 11.1. The molecule has 94 valence electrons. The van der Waals surface area contributed by atoms with Crippen molar-refractivity contribution in [2.45, 2.75) is 58.4 Å². The molecule has 1 fully saturated rings. The van der Waals surface area contributed by atoms with Gasteiger partial charge in [0.2, 0.25) is 0 Å². The van der Waals surface area contributed by atoms with E-state index in [2.05, 4.69) is 33.9 Å². The average Bonchev–Trinajstić information content (AvgIpc) is 2.39. The van der Waals surface area contributed by atoms with Gasteiger partial charge in [0.05, 0.1) is 12.0 Å². The molecule has 2 atom stereocenters. The van der Waals surface area contributed by atoms with Gasteiger partial charge in [-0.15, -0.1) is 0 Å². The van der Waals surface area contributed by atoms with Gasteiger partial charge in [0.1, 0.15) is 0 Å². The van der Waals surface area contributed by atoms with Crippen LogP contribution in [0, 0.1) is 5.92 Å². The zero-order valence-corrected chi connectivity index (χ0v) is 12.3. The number of esters is 1. The summed E-state index contributed by atoms with van der Waals surface area (Å²) in [4.78, 5) is 11.5. The van der Waals surface area contributed by atoms with Crippen LogP contribution >= 0.6 is 0 Å². The fourth-order valence-corrected chi connectivity index (χ4v) is 2.55. The number of hydrogen-bond acceptors (Lipinski definition) is 3. The van der Waals surface area contributed by atoms with E-state index in [0.29, 0.717) is 6.61 Å². The fraction of sp³-hybridized carbons (Fsp3) is 0.917. The van der Waals surface area contributed by atoms with Crippen molar-refractivity contribution in [2.75, 3.05) is 6.61 Å². The molecule has 1 saturated heterocycles. The molecule has 16 heavy (non-hydrogen) atoms. The Bertz CT molecular complexity index is 268. The zero-order chi connectivity index (χ0) is 12.6. The molecule has 3 nitrogen and oxygen atoms in total. The zero-order valence-electron chi connectivity index (χ0n) is 11.3. The van der Waals surface area contributed by atoms with Crippen molar-refractivity contribution in [2.24, 2.45) is 5.92 Å². The number of ether oxygens (including phenoxy) is 1. The van der Waals surface area contributed by atoms with Gasteiger partial charge in [0.15, 0.2) is 8.32 Å². The van der Waals surface area contributed by atoms with Gasteiger partial charge < -0.3 is 9.16 Å². The first-order valence-electron chi connectivity index (χ1n) is 5.98. The maximum absolute atomic E-state index is 11.5. The summed E-state index contributed by atoms with van der Waals surface area (Å²) >= 11 is 0. The van der Waals surface area contributed by atoms with E-state index in [4.69, 9.17) is 9.16 Å². The van der Waals surface area contributed by atoms with Crippen LogP contribution in [0.3, 0.4) is 0 Å². The summed E-state index contributed by atoms with van der Waals surface area (Å²) in [5, 5.41) is 0.196. The van der Waals surface area contributed by atoms with Crippen LogP contribution in [0.25, 0.3) is 0 Å². The molecule has 0 aromatic carbocycles. The van der Waals surface area contributed by atoms with Crippen molar-refractivity contribution in [3.05, 3.63) is 0 Å². The Morgan fingerprint density at radius 1 is 1.44 bits per heavy atom. The summed E-state index contributed by atoms with van der Waals surface area (Å²) in [5.41, 5.74) is 0. The molecule has 1 heterocycles. The Balaban J connectivity index is 2.49. The van der Waals surface area contributed by atoms with Crippen molar-refractivity contribution in [1.82, 2.24) is 0 Å². The highest BCUT2D eigenvalue weighted by molar-refractivity contribution is 6.74. The Hall–Kier alpha value is -0.353. The summed E-state index contributed by atoms with van der Waals surface area (Å²) in [5.74, 6) is -0.143. The standard InChI is InChI=1S/C12H24O3Si/c1-9-7-10(11(13)15-9)8-14-16(5,6)12(2,3)4/h9-10H,7-8H2,1-6H3/t9-,10+/m1/s1. The van der Waals surface area contributed by atoms with Crippen LogP contribution in [0.2, 0.25) is 18.1 Å². The Morgan fingerprint density at radius 3 is 2.38 bits per heavy atom. The highest BCUT2D eigenvalue weighted by Gasteiger charge is 2.40. The highest BCUT2D eigenvalue weighted by Crippen LogP contribution is 2.37. The number of rotatable bonds is 3. The van der Waals surface area contributed by atoms with E-state index < -0.39 is 8.32 Å². The molecule has 1 aliphatic heterocycles. The molecule has 0 radical (unpaired) electrons. The third kappa shape index (κ3) is 3.07. The molecule has 0 aromatic rings. The normalized spacial score (nSPS) is 27.0. The summed E-state index contributed by atoms with van der Waals surface area (Å²) in [6.07, 6.45) is 0.855. The lowest BCUT2D eigenvalue weighted by molar-refractivity contribution is -0.144. The average molecular weight is 244 g/mol. The van der Waals surface area contributed by atoms with Crippen LogP contribution in [0.5, 0.6) is 0 Å². The largest absolute Gasteiger partial charge is 0.462 e. The lowest BCUT2D eigenvalue weighted by Crippen LogP contribution is -2.42. The van der Waals surface area contributed by atoms with Gasteiger partial charge in [0.25, 0.3) is 0 Å². The van der Waals surface area contributed by atoms with Crippen LogP contribution < -0.4 is 0 Å². The third-order valence-electron chi connectivity index (χ3n) is 3.72. The third-order valence-corrected chi connectivity index (χ3v) is 8.22. The highest BCUT2D eigenvalue weighted by atomic mass is 28.4. The summed E-state index contributed by atoms with van der Waals surface area (Å²) in [6.45, 7) is 13.5. The van der Waals surface area contributed by atoms with Gasteiger partial charge in [-0.2, -0.15) is 0 Å². The van der Waals surface area contributed by atoms with E-state index in [1.807, 2.05) is 6.92 Å². The van der Waals surface area contributed by atoms with Crippen LogP contribution in [0.1, 0.15) is 34.1 Å². The van der Waals surface area contributed by atoms with E-state index in [-0.39, 0.29) is 23.0 Å². The minimum Gasteiger partial charge on any atom is -0.462 e. The predicted octanol–water partition coefficient (Wildman–Crippen LogP) is 2.96. The summed E-state index contributed by atoms with van der Waals surface area (Å²) in [6, 6.07) is 0. The van der Waals surface area contributed by atoms with Crippen molar-refractivity contribution in [3.63, 3.8) is 0 Å². The van der Waals surface area contributed by atoms with E-state index in [0.717, 1.165) is 6.42 Å². The van der Waals surface area contributed by atoms with E-state index in [1.165, 1.54) is 0 Å². The van der Waals surface area contributed by atoms with Crippen molar-refractivity contribution in [3.8, 4) is 0 Å². The minimum absolute atomic E-state index is 0.0517. The molecular weight excluding hydrogens is 220 g/mol. The van der Waals surface area contributed by atoms with Crippen molar-refractivity contribution < 1.29 is 14.0 Å². The first-order valence-corrected chi connectivity index (χ1v) is 8.89. The van der Waals surface area contributed by atoms with Crippen LogP contribution in [-0.4, -0.2) is 27.0 Å². The molecule has 0 amide bonds. The number of carbonyl (C=O) groups excluding carboxylic acids is 1. The summed E-state index contributed by atoms with van der Waals surface area (Å²) in [7, 11) is -1.73. The van der Waals surface area contributed by atoms with Gasteiger partial charge in [-0.25, -0.2) is 0 Å². The van der Waals surface area contributed by atoms with Gasteiger partial charge in [0, 0.05) is 6.61 Å². The first-order chi connectivity index (χ1) is 7.13. The van der Waals surface area contributed by atoms with E-state index >= 15 is 0 Å². The Kier molecular flexibility index (Phi) is 3.85. The second-order valence-electron chi connectivity index (χ2n) is 6.25. The van der Waals surface area contributed by atoms with Crippen LogP contribution in [-0.2, 0) is 14.0 Å². The lowest BCUT2D eigenvalue weighted by atomic mass is 10.1. The maximum Gasteiger partial charge on any atom is 0.311 e. The molecule has 0 aromatic heterocycles. The van der Waals surface area contributed by atoms with Crippen molar-refractivity contribution in [1.29, 1.82) is 0 Å².